The molecule has 130 valence electrons. The van der Waals surface area contributed by atoms with Crippen molar-refractivity contribution in [3.8, 4) is 0 Å². The van der Waals surface area contributed by atoms with E-state index < -0.39 is 6.10 Å². The molecule has 0 aliphatic rings. The van der Waals surface area contributed by atoms with Gasteiger partial charge in [0, 0.05) is 30.2 Å². The Labute approximate surface area is 148 Å². The maximum Gasteiger partial charge on any atom is 0.224 e. The molecule has 2 N–H and O–H groups in total. The quantitative estimate of drug-likeness (QED) is 0.694. The fourth-order valence-corrected chi connectivity index (χ4v) is 3.15. The van der Waals surface area contributed by atoms with Crippen molar-refractivity contribution >= 4 is 16.8 Å². The molecule has 0 bridgehead atoms. The summed E-state index contributed by atoms with van der Waals surface area (Å²) in [6, 6.07) is 17.7. The van der Waals surface area contributed by atoms with Gasteiger partial charge < -0.3 is 15.0 Å². The van der Waals surface area contributed by atoms with Gasteiger partial charge in [0.25, 0.3) is 0 Å². The third-order valence-electron chi connectivity index (χ3n) is 4.49. The molecule has 4 heteroatoms. The van der Waals surface area contributed by atoms with Crippen molar-refractivity contribution < 1.29 is 9.90 Å². The van der Waals surface area contributed by atoms with Crippen LogP contribution in [-0.2, 0) is 17.8 Å². The molecular weight excluding hydrogens is 312 g/mol. The number of aliphatic hydroxyl groups is 1. The summed E-state index contributed by atoms with van der Waals surface area (Å²) in [5.41, 5.74) is 3.08. The van der Waals surface area contributed by atoms with Crippen LogP contribution in [0, 0.1) is 0 Å². The Bertz CT molecular complexity index is 839. The molecule has 1 unspecified atom stereocenters. The van der Waals surface area contributed by atoms with Crippen LogP contribution < -0.4 is 5.32 Å². The van der Waals surface area contributed by atoms with Gasteiger partial charge in [-0.05, 0) is 30.5 Å². The van der Waals surface area contributed by atoms with Crippen LogP contribution in [0.4, 0.5) is 0 Å². The number of amides is 1. The van der Waals surface area contributed by atoms with Crippen LogP contribution in [0.25, 0.3) is 10.9 Å². The van der Waals surface area contributed by atoms with Gasteiger partial charge in [-0.2, -0.15) is 0 Å². The zero-order valence-corrected chi connectivity index (χ0v) is 14.5. The number of aryl methyl sites for hydroxylation is 1. The first-order valence-corrected chi connectivity index (χ1v) is 8.75. The summed E-state index contributed by atoms with van der Waals surface area (Å²) in [5, 5.41) is 14.2. The second kappa shape index (κ2) is 7.99. The number of hydrogen-bond acceptors (Lipinski definition) is 2. The summed E-state index contributed by atoms with van der Waals surface area (Å²) in [6.45, 7) is 3.44. The maximum absolute atomic E-state index is 12.3. The molecule has 0 radical (unpaired) electrons. The first-order valence-electron chi connectivity index (χ1n) is 8.75. The van der Waals surface area contributed by atoms with Crippen molar-refractivity contribution in [1.82, 2.24) is 9.88 Å². The summed E-state index contributed by atoms with van der Waals surface area (Å²) in [4.78, 5) is 12.3. The van der Waals surface area contributed by atoms with Crippen LogP contribution in [0.15, 0.2) is 60.8 Å². The van der Waals surface area contributed by atoms with E-state index in [2.05, 4.69) is 35.1 Å². The first-order chi connectivity index (χ1) is 12.2. The Morgan fingerprint density at radius 2 is 1.84 bits per heavy atom. The molecule has 1 heterocycles. The van der Waals surface area contributed by atoms with Gasteiger partial charge in [0.05, 0.1) is 12.5 Å². The second-order valence-electron chi connectivity index (χ2n) is 6.20. The highest BCUT2D eigenvalue weighted by atomic mass is 16.3. The topological polar surface area (TPSA) is 54.3 Å². The Balaban J connectivity index is 1.56. The number of nitrogens with one attached hydrogen (secondary N) is 1. The molecule has 1 amide bonds. The predicted molar refractivity (Wildman–Crippen MR) is 100 cm³/mol. The number of nitrogens with zero attached hydrogens (tertiary/aromatic N) is 1. The predicted octanol–water partition coefficient (Wildman–Crippen LogP) is 3.44. The standard InChI is InChI=1S/C21H24N2O2/c1-2-23-15-17(18-10-6-7-11-19(18)23)14-21(25)22-13-12-20(24)16-8-4-3-5-9-16/h3-11,15,20,24H,2,12-14H2,1H3,(H,22,25). The molecule has 3 aromatic rings. The van der Waals surface area contributed by atoms with Gasteiger partial charge >= 0.3 is 0 Å². The zero-order valence-electron chi connectivity index (χ0n) is 14.5. The fourth-order valence-electron chi connectivity index (χ4n) is 3.15. The number of aliphatic hydroxyl groups excluding tert-OH is 1. The van der Waals surface area contributed by atoms with Crippen LogP contribution in [0.3, 0.4) is 0 Å². The van der Waals surface area contributed by atoms with Crippen molar-refractivity contribution in [3.63, 3.8) is 0 Å². The van der Waals surface area contributed by atoms with Crippen LogP contribution in [0.1, 0.15) is 30.6 Å². The SMILES string of the molecule is CCn1cc(CC(=O)NCCC(O)c2ccccc2)c2ccccc21. The van der Waals surface area contributed by atoms with Gasteiger partial charge in [0.15, 0.2) is 0 Å². The van der Waals surface area contributed by atoms with E-state index in [1.807, 2.05) is 42.5 Å². The number of para-hydroxylation sites is 1. The Morgan fingerprint density at radius 3 is 2.60 bits per heavy atom. The molecule has 4 nitrogen and oxygen atoms in total. The van der Waals surface area contributed by atoms with Gasteiger partial charge in [0.1, 0.15) is 0 Å². The number of hydrogen-bond donors (Lipinski definition) is 2. The summed E-state index contributed by atoms with van der Waals surface area (Å²) in [5.74, 6) is -0.0146. The van der Waals surface area contributed by atoms with Gasteiger partial charge in [-0.25, -0.2) is 0 Å². The minimum absolute atomic E-state index is 0.0146. The zero-order chi connectivity index (χ0) is 17.6. The number of benzene rings is 2. The molecule has 0 spiro atoms. The molecule has 0 saturated heterocycles. The van der Waals surface area contributed by atoms with E-state index in [9.17, 15) is 9.90 Å². The lowest BCUT2D eigenvalue weighted by Gasteiger charge is -2.11. The molecule has 1 atom stereocenters. The molecule has 0 aliphatic carbocycles. The smallest absolute Gasteiger partial charge is 0.224 e. The van der Waals surface area contributed by atoms with E-state index in [1.54, 1.807) is 0 Å². The monoisotopic (exact) mass is 336 g/mol. The number of fused-ring (bicyclic) bond motifs is 1. The van der Waals surface area contributed by atoms with Gasteiger partial charge in [0.2, 0.25) is 5.91 Å². The van der Waals surface area contributed by atoms with Crippen molar-refractivity contribution in [2.75, 3.05) is 6.54 Å². The third-order valence-corrected chi connectivity index (χ3v) is 4.49. The van der Waals surface area contributed by atoms with Crippen molar-refractivity contribution in [2.24, 2.45) is 0 Å². The Morgan fingerprint density at radius 1 is 1.12 bits per heavy atom. The van der Waals surface area contributed by atoms with Crippen LogP contribution in [-0.4, -0.2) is 22.1 Å². The van der Waals surface area contributed by atoms with Gasteiger partial charge in [-0.15, -0.1) is 0 Å². The molecule has 25 heavy (non-hydrogen) atoms. The summed E-state index contributed by atoms with van der Waals surface area (Å²) in [6.07, 6.45) is 2.37. The Kier molecular flexibility index (Phi) is 5.51. The normalized spacial score (nSPS) is 12.2. The second-order valence-corrected chi connectivity index (χ2v) is 6.20. The molecule has 0 aliphatic heterocycles. The van der Waals surface area contributed by atoms with Crippen molar-refractivity contribution in [2.45, 2.75) is 32.4 Å². The molecule has 2 aromatic carbocycles. The third kappa shape index (κ3) is 4.09. The highest BCUT2D eigenvalue weighted by Crippen LogP contribution is 2.22. The number of aromatic nitrogens is 1. The molecule has 0 saturated carbocycles. The molecular formula is C21H24N2O2. The van der Waals surface area contributed by atoms with Gasteiger partial charge in [-0.3, -0.25) is 4.79 Å². The average Bonchev–Trinajstić information content (AvgIpc) is 3.00. The summed E-state index contributed by atoms with van der Waals surface area (Å²) in [7, 11) is 0. The van der Waals surface area contributed by atoms with Gasteiger partial charge in [-0.1, -0.05) is 48.5 Å². The lowest BCUT2D eigenvalue weighted by atomic mass is 10.1. The van der Waals surface area contributed by atoms with Crippen LogP contribution in [0.2, 0.25) is 0 Å². The highest BCUT2D eigenvalue weighted by molar-refractivity contribution is 5.89. The number of carbonyl (C=O) groups excluding carboxylic acids is 1. The molecule has 1 aromatic heterocycles. The van der Waals surface area contributed by atoms with Crippen LogP contribution in [0.5, 0.6) is 0 Å². The first kappa shape index (κ1) is 17.2. The average molecular weight is 336 g/mol. The van der Waals surface area contributed by atoms with E-state index in [1.165, 1.54) is 0 Å². The molecule has 0 fully saturated rings. The maximum atomic E-state index is 12.3. The lowest BCUT2D eigenvalue weighted by Crippen LogP contribution is -2.27. The van der Waals surface area contributed by atoms with Crippen molar-refractivity contribution in [3.05, 3.63) is 71.9 Å². The van der Waals surface area contributed by atoms with E-state index in [0.717, 1.165) is 28.6 Å². The number of carbonyl (C=O) groups is 1. The highest BCUT2D eigenvalue weighted by Gasteiger charge is 2.12. The van der Waals surface area contributed by atoms with Crippen LogP contribution >= 0.6 is 0 Å². The fraction of sp³-hybridized carbons (Fsp3) is 0.286. The number of rotatable bonds is 7. The van der Waals surface area contributed by atoms with E-state index in [-0.39, 0.29) is 5.91 Å². The minimum atomic E-state index is -0.552. The lowest BCUT2D eigenvalue weighted by molar-refractivity contribution is -0.120. The minimum Gasteiger partial charge on any atom is -0.388 e. The van der Waals surface area contributed by atoms with E-state index in [4.69, 9.17) is 0 Å². The largest absolute Gasteiger partial charge is 0.388 e. The molecule has 3 rings (SSSR count). The van der Waals surface area contributed by atoms with E-state index >= 15 is 0 Å². The van der Waals surface area contributed by atoms with Crippen molar-refractivity contribution in [1.29, 1.82) is 0 Å². The summed E-state index contributed by atoms with van der Waals surface area (Å²) < 4.78 is 2.16. The summed E-state index contributed by atoms with van der Waals surface area (Å²) >= 11 is 0. The van der Waals surface area contributed by atoms with E-state index in [0.29, 0.717) is 19.4 Å². The Hall–Kier alpha value is -2.59.